The highest BCUT2D eigenvalue weighted by Crippen LogP contribution is 2.23. The van der Waals surface area contributed by atoms with Crippen LogP contribution in [0, 0.1) is 5.92 Å². The monoisotopic (exact) mass is 350 g/mol. The highest BCUT2D eigenvalue weighted by Gasteiger charge is 2.21. The van der Waals surface area contributed by atoms with Gasteiger partial charge in [-0.15, -0.1) is 11.3 Å². The molecule has 1 aromatic rings. The number of aliphatic imine (C=N–C) groups is 1. The Morgan fingerprint density at radius 2 is 2.12 bits per heavy atom. The Kier molecular flexibility index (Phi) is 7.56. The molecule has 0 fully saturated rings. The van der Waals surface area contributed by atoms with E-state index in [0.29, 0.717) is 5.92 Å². The van der Waals surface area contributed by atoms with Crippen molar-refractivity contribution in [3.63, 3.8) is 0 Å². The number of nitrogens with zero attached hydrogens (tertiary/aromatic N) is 2. The van der Waals surface area contributed by atoms with Crippen LogP contribution in [0.2, 0.25) is 0 Å². The van der Waals surface area contributed by atoms with Gasteiger partial charge in [0.05, 0.1) is 0 Å². The van der Waals surface area contributed by atoms with Crippen molar-refractivity contribution in [2.45, 2.75) is 46.6 Å². The fourth-order valence-corrected chi connectivity index (χ4v) is 3.76. The summed E-state index contributed by atoms with van der Waals surface area (Å²) in [5.41, 5.74) is 1.29. The average Bonchev–Trinajstić information content (AvgIpc) is 3.07. The molecule has 1 aliphatic heterocycles. The normalized spacial score (nSPS) is 14.7. The minimum Gasteiger partial charge on any atom is -0.357 e. The number of hydrogen-bond donors (Lipinski definition) is 2. The summed E-state index contributed by atoms with van der Waals surface area (Å²) in [6, 6.07) is 2.13. The Labute approximate surface area is 149 Å². The van der Waals surface area contributed by atoms with Crippen molar-refractivity contribution in [3.05, 3.63) is 21.9 Å². The summed E-state index contributed by atoms with van der Waals surface area (Å²) in [6.45, 7) is 9.89. The van der Waals surface area contributed by atoms with Crippen LogP contribution in [-0.2, 0) is 17.8 Å². The standard InChI is InChI=1S/C18H30N4OS/c1-4-14(5-2)11-20-18(19-6-3)21-12-17(23)22-9-7-16-15(13-22)8-10-24-16/h8,10,14H,4-7,9,11-13H2,1-3H3,(H2,19,20,21). The van der Waals surface area contributed by atoms with Gasteiger partial charge in [-0.3, -0.25) is 4.79 Å². The van der Waals surface area contributed by atoms with E-state index in [1.165, 1.54) is 10.4 Å². The third kappa shape index (κ3) is 5.23. The first-order chi connectivity index (χ1) is 11.7. The first kappa shape index (κ1) is 18.8. The van der Waals surface area contributed by atoms with Gasteiger partial charge in [0.2, 0.25) is 5.91 Å². The summed E-state index contributed by atoms with van der Waals surface area (Å²) >= 11 is 1.79. The van der Waals surface area contributed by atoms with Gasteiger partial charge in [0.15, 0.2) is 5.96 Å². The molecular formula is C18H30N4OS. The molecule has 0 aromatic carbocycles. The molecule has 1 amide bonds. The molecule has 1 aromatic heterocycles. The van der Waals surface area contributed by atoms with Crippen LogP contribution < -0.4 is 10.6 Å². The van der Waals surface area contributed by atoms with Crippen LogP contribution >= 0.6 is 11.3 Å². The van der Waals surface area contributed by atoms with E-state index in [1.807, 2.05) is 11.8 Å². The second kappa shape index (κ2) is 9.67. The summed E-state index contributed by atoms with van der Waals surface area (Å²) in [5, 5.41) is 8.70. The molecule has 2 N–H and O–H groups in total. The first-order valence-electron chi connectivity index (χ1n) is 9.03. The maximum absolute atomic E-state index is 12.5. The number of carbonyl (C=O) groups excluding carboxylic acids is 1. The number of nitrogens with one attached hydrogen (secondary N) is 2. The Bertz CT molecular complexity index is 551. The lowest BCUT2D eigenvalue weighted by molar-refractivity contribution is -0.130. The van der Waals surface area contributed by atoms with E-state index in [0.717, 1.165) is 51.4 Å². The van der Waals surface area contributed by atoms with Gasteiger partial charge in [-0.1, -0.05) is 26.7 Å². The van der Waals surface area contributed by atoms with Crippen molar-refractivity contribution in [2.75, 3.05) is 26.2 Å². The molecule has 0 atom stereocenters. The fraction of sp³-hybridized carbons (Fsp3) is 0.667. The highest BCUT2D eigenvalue weighted by molar-refractivity contribution is 7.10. The predicted molar refractivity (Wildman–Crippen MR) is 101 cm³/mol. The lowest BCUT2D eigenvalue weighted by atomic mass is 10.0. The smallest absolute Gasteiger partial charge is 0.244 e. The number of thiophene rings is 1. The fourth-order valence-electron chi connectivity index (χ4n) is 2.87. The summed E-state index contributed by atoms with van der Waals surface area (Å²) in [5.74, 6) is 1.49. The van der Waals surface area contributed by atoms with Crippen LogP contribution in [0.5, 0.6) is 0 Å². The molecule has 134 valence electrons. The van der Waals surface area contributed by atoms with Crippen LogP contribution in [0.15, 0.2) is 16.4 Å². The molecule has 0 aliphatic carbocycles. The molecule has 0 bridgehead atoms. The van der Waals surface area contributed by atoms with Gasteiger partial charge in [-0.25, -0.2) is 4.99 Å². The number of guanidine groups is 1. The largest absolute Gasteiger partial charge is 0.357 e. The number of hydrogen-bond acceptors (Lipinski definition) is 3. The van der Waals surface area contributed by atoms with E-state index >= 15 is 0 Å². The van der Waals surface area contributed by atoms with Gasteiger partial charge in [-0.2, -0.15) is 0 Å². The molecule has 2 rings (SSSR count). The predicted octanol–water partition coefficient (Wildman–Crippen LogP) is 2.62. The molecule has 2 heterocycles. The molecule has 24 heavy (non-hydrogen) atoms. The van der Waals surface area contributed by atoms with Gasteiger partial charge >= 0.3 is 0 Å². The average molecular weight is 351 g/mol. The van der Waals surface area contributed by atoms with E-state index in [1.54, 1.807) is 11.3 Å². The molecule has 0 saturated carbocycles. The minimum atomic E-state index is 0.103. The molecule has 6 heteroatoms. The molecule has 0 saturated heterocycles. The van der Waals surface area contributed by atoms with E-state index in [2.05, 4.69) is 40.9 Å². The Morgan fingerprint density at radius 3 is 2.83 bits per heavy atom. The molecule has 0 spiro atoms. The molecule has 0 unspecified atom stereocenters. The van der Waals surface area contributed by atoms with Crippen molar-refractivity contribution in [1.82, 2.24) is 15.5 Å². The Hall–Kier alpha value is -1.56. The van der Waals surface area contributed by atoms with E-state index in [4.69, 9.17) is 0 Å². The van der Waals surface area contributed by atoms with Gasteiger partial charge in [0.25, 0.3) is 0 Å². The van der Waals surface area contributed by atoms with Crippen molar-refractivity contribution >= 4 is 23.2 Å². The van der Waals surface area contributed by atoms with Gasteiger partial charge < -0.3 is 15.5 Å². The zero-order chi connectivity index (χ0) is 17.4. The number of fused-ring (bicyclic) bond motifs is 1. The molecule has 5 nitrogen and oxygen atoms in total. The van der Waals surface area contributed by atoms with Gasteiger partial charge in [0, 0.05) is 31.1 Å². The summed E-state index contributed by atoms with van der Waals surface area (Å²) in [7, 11) is 0. The zero-order valence-corrected chi connectivity index (χ0v) is 15.9. The topological polar surface area (TPSA) is 56.7 Å². The summed E-state index contributed by atoms with van der Waals surface area (Å²) < 4.78 is 0. The maximum atomic E-state index is 12.5. The lowest BCUT2D eigenvalue weighted by Crippen LogP contribution is -2.41. The van der Waals surface area contributed by atoms with E-state index in [-0.39, 0.29) is 12.5 Å². The van der Waals surface area contributed by atoms with Crippen LogP contribution in [0.3, 0.4) is 0 Å². The Balaban J connectivity index is 1.87. The third-order valence-corrected chi connectivity index (χ3v) is 5.61. The third-order valence-electron chi connectivity index (χ3n) is 4.59. The van der Waals surface area contributed by atoms with Crippen molar-refractivity contribution in [2.24, 2.45) is 10.9 Å². The SMILES string of the molecule is CCNC(=NCC(=O)N1CCc2sccc2C1)NCC(CC)CC. The van der Waals surface area contributed by atoms with Gasteiger partial charge in [-0.05, 0) is 36.3 Å². The van der Waals surface area contributed by atoms with Crippen LogP contribution in [0.1, 0.15) is 44.1 Å². The van der Waals surface area contributed by atoms with E-state index < -0.39 is 0 Å². The number of rotatable bonds is 7. The first-order valence-corrected chi connectivity index (χ1v) is 9.91. The minimum absolute atomic E-state index is 0.103. The van der Waals surface area contributed by atoms with E-state index in [9.17, 15) is 4.79 Å². The number of amides is 1. The zero-order valence-electron chi connectivity index (χ0n) is 15.1. The maximum Gasteiger partial charge on any atom is 0.244 e. The second-order valence-electron chi connectivity index (χ2n) is 6.19. The van der Waals surface area contributed by atoms with Crippen LogP contribution in [0.25, 0.3) is 0 Å². The molecular weight excluding hydrogens is 320 g/mol. The van der Waals surface area contributed by atoms with Crippen LogP contribution in [0.4, 0.5) is 0 Å². The molecule has 1 aliphatic rings. The number of carbonyl (C=O) groups is 1. The summed E-state index contributed by atoms with van der Waals surface area (Å²) in [6.07, 6.45) is 3.27. The second-order valence-corrected chi connectivity index (χ2v) is 7.19. The van der Waals surface area contributed by atoms with Crippen molar-refractivity contribution in [1.29, 1.82) is 0 Å². The van der Waals surface area contributed by atoms with Crippen molar-refractivity contribution in [3.8, 4) is 0 Å². The Morgan fingerprint density at radius 1 is 1.33 bits per heavy atom. The van der Waals surface area contributed by atoms with Gasteiger partial charge in [0.1, 0.15) is 6.54 Å². The van der Waals surface area contributed by atoms with Crippen LogP contribution in [-0.4, -0.2) is 42.9 Å². The summed E-state index contributed by atoms with van der Waals surface area (Å²) in [4.78, 5) is 20.3. The van der Waals surface area contributed by atoms with Crippen molar-refractivity contribution < 1.29 is 4.79 Å². The lowest BCUT2D eigenvalue weighted by Gasteiger charge is -2.26. The highest BCUT2D eigenvalue weighted by atomic mass is 32.1. The quantitative estimate of drug-likeness (QED) is 0.587. The molecule has 0 radical (unpaired) electrons.